The van der Waals surface area contributed by atoms with Crippen LogP contribution in [-0.4, -0.2) is 17.5 Å². The molecule has 20 heavy (non-hydrogen) atoms. The van der Waals surface area contributed by atoms with E-state index in [0.29, 0.717) is 23.9 Å². The number of rotatable bonds is 5. The highest BCUT2D eigenvalue weighted by Gasteiger charge is 2.09. The van der Waals surface area contributed by atoms with Crippen LogP contribution >= 0.6 is 0 Å². The molecule has 0 fully saturated rings. The van der Waals surface area contributed by atoms with Gasteiger partial charge in [-0.25, -0.2) is 4.98 Å². The lowest BCUT2D eigenvalue weighted by molar-refractivity contribution is -0.115. The van der Waals surface area contributed by atoms with Crippen LogP contribution in [0.15, 0.2) is 42.6 Å². The highest BCUT2D eigenvalue weighted by atomic mass is 16.5. The molecule has 1 amide bonds. The fourth-order valence-electron chi connectivity index (χ4n) is 1.82. The molecule has 0 spiro atoms. The van der Waals surface area contributed by atoms with E-state index in [0.717, 1.165) is 5.56 Å². The molecule has 3 N–H and O–H groups in total. The molecule has 2 aromatic rings. The van der Waals surface area contributed by atoms with Gasteiger partial charge in [0.25, 0.3) is 0 Å². The van der Waals surface area contributed by atoms with Gasteiger partial charge < -0.3 is 15.8 Å². The van der Waals surface area contributed by atoms with Crippen molar-refractivity contribution in [3.05, 3.63) is 48.2 Å². The lowest BCUT2D eigenvalue weighted by Crippen LogP contribution is -2.15. The van der Waals surface area contributed by atoms with E-state index in [4.69, 9.17) is 10.5 Å². The van der Waals surface area contributed by atoms with Gasteiger partial charge in [-0.1, -0.05) is 12.1 Å². The molecule has 0 aliphatic heterocycles. The van der Waals surface area contributed by atoms with Crippen molar-refractivity contribution in [1.82, 2.24) is 4.98 Å². The molecule has 5 nitrogen and oxygen atoms in total. The number of amides is 1. The Hall–Kier alpha value is -2.56. The molecule has 0 saturated carbocycles. The van der Waals surface area contributed by atoms with Gasteiger partial charge in [-0.15, -0.1) is 0 Å². The molecule has 0 unspecified atom stereocenters. The molecular formula is C15H17N3O2. The van der Waals surface area contributed by atoms with E-state index in [-0.39, 0.29) is 12.3 Å². The molecule has 1 aromatic carbocycles. The molecule has 2 rings (SSSR count). The van der Waals surface area contributed by atoms with Crippen LogP contribution in [0, 0.1) is 0 Å². The van der Waals surface area contributed by atoms with Crippen molar-refractivity contribution >= 4 is 17.3 Å². The summed E-state index contributed by atoms with van der Waals surface area (Å²) in [6, 6.07) is 10.8. The molecule has 0 saturated heterocycles. The number of nitrogen functional groups attached to an aromatic ring is 1. The second-order valence-corrected chi connectivity index (χ2v) is 4.26. The summed E-state index contributed by atoms with van der Waals surface area (Å²) >= 11 is 0. The number of nitrogens with two attached hydrogens (primary N) is 1. The number of ether oxygens (including phenoxy) is 1. The first kappa shape index (κ1) is 13.9. The van der Waals surface area contributed by atoms with Gasteiger partial charge in [0, 0.05) is 11.9 Å². The van der Waals surface area contributed by atoms with Crippen molar-refractivity contribution in [3.63, 3.8) is 0 Å². The Balaban J connectivity index is 2.05. The number of pyridine rings is 1. The van der Waals surface area contributed by atoms with Gasteiger partial charge >= 0.3 is 0 Å². The van der Waals surface area contributed by atoms with E-state index in [2.05, 4.69) is 10.3 Å². The highest BCUT2D eigenvalue weighted by molar-refractivity contribution is 5.93. The minimum absolute atomic E-state index is 0.135. The molecule has 104 valence electrons. The molecule has 0 radical (unpaired) electrons. The van der Waals surface area contributed by atoms with Crippen LogP contribution in [0.5, 0.6) is 5.88 Å². The maximum Gasteiger partial charge on any atom is 0.237 e. The van der Waals surface area contributed by atoms with Gasteiger partial charge in [0.15, 0.2) is 0 Å². The molecule has 0 bridgehead atoms. The van der Waals surface area contributed by atoms with Crippen LogP contribution in [0.3, 0.4) is 0 Å². The number of aromatic nitrogens is 1. The molecule has 1 heterocycles. The maximum absolute atomic E-state index is 12.0. The number of carbonyl (C=O) groups is 1. The summed E-state index contributed by atoms with van der Waals surface area (Å²) in [6.45, 7) is 2.36. The van der Waals surface area contributed by atoms with Crippen LogP contribution in [-0.2, 0) is 11.2 Å². The largest absolute Gasteiger partial charge is 0.476 e. The first-order chi connectivity index (χ1) is 9.69. The zero-order valence-corrected chi connectivity index (χ0v) is 11.3. The summed E-state index contributed by atoms with van der Waals surface area (Å²) in [4.78, 5) is 16.1. The van der Waals surface area contributed by atoms with E-state index >= 15 is 0 Å². The predicted molar refractivity (Wildman–Crippen MR) is 78.6 cm³/mol. The molecule has 0 aliphatic rings. The number of nitrogens with one attached hydrogen (secondary N) is 1. The normalized spacial score (nSPS) is 10.1. The van der Waals surface area contributed by atoms with Gasteiger partial charge in [-0.3, -0.25) is 4.79 Å². The summed E-state index contributed by atoms with van der Waals surface area (Å²) in [6.07, 6.45) is 1.88. The first-order valence-electron chi connectivity index (χ1n) is 6.41. The van der Waals surface area contributed by atoms with Crippen LogP contribution in [0.4, 0.5) is 11.4 Å². The fourth-order valence-corrected chi connectivity index (χ4v) is 1.82. The number of hydrogen-bond acceptors (Lipinski definition) is 4. The summed E-state index contributed by atoms with van der Waals surface area (Å²) in [5, 5.41) is 2.80. The second kappa shape index (κ2) is 6.56. The third-order valence-electron chi connectivity index (χ3n) is 2.64. The Morgan fingerprint density at radius 2 is 2.20 bits per heavy atom. The van der Waals surface area contributed by atoms with Crippen LogP contribution in [0.25, 0.3) is 0 Å². The van der Waals surface area contributed by atoms with Gasteiger partial charge in [0.1, 0.15) is 5.69 Å². The maximum atomic E-state index is 12.0. The smallest absolute Gasteiger partial charge is 0.237 e. The lowest BCUT2D eigenvalue weighted by Gasteiger charge is -2.10. The third kappa shape index (κ3) is 3.71. The zero-order valence-electron chi connectivity index (χ0n) is 11.3. The van der Waals surface area contributed by atoms with E-state index in [1.807, 2.05) is 19.1 Å². The van der Waals surface area contributed by atoms with Crippen molar-refractivity contribution in [2.45, 2.75) is 13.3 Å². The van der Waals surface area contributed by atoms with E-state index in [1.54, 1.807) is 30.5 Å². The quantitative estimate of drug-likeness (QED) is 0.818. The van der Waals surface area contributed by atoms with Crippen molar-refractivity contribution in [3.8, 4) is 5.88 Å². The van der Waals surface area contributed by atoms with Crippen molar-refractivity contribution in [2.24, 2.45) is 0 Å². The Morgan fingerprint density at radius 3 is 2.95 bits per heavy atom. The third-order valence-corrected chi connectivity index (χ3v) is 2.64. The highest BCUT2D eigenvalue weighted by Crippen LogP contribution is 2.20. The van der Waals surface area contributed by atoms with Gasteiger partial charge in [-0.05, 0) is 36.8 Å². The second-order valence-electron chi connectivity index (χ2n) is 4.26. The molecule has 0 atom stereocenters. The minimum Gasteiger partial charge on any atom is -0.476 e. The molecule has 1 aromatic heterocycles. The van der Waals surface area contributed by atoms with Crippen molar-refractivity contribution in [1.29, 1.82) is 0 Å². The number of hydrogen-bond donors (Lipinski definition) is 2. The monoisotopic (exact) mass is 271 g/mol. The Morgan fingerprint density at radius 1 is 1.35 bits per heavy atom. The van der Waals surface area contributed by atoms with Crippen molar-refractivity contribution in [2.75, 3.05) is 17.7 Å². The standard InChI is InChI=1S/C15H17N3O2/c1-2-20-15-13(7-4-8-17-15)18-14(19)10-11-5-3-6-12(16)9-11/h3-9H,2,10,16H2,1H3,(H,18,19). The number of anilines is 2. The summed E-state index contributed by atoms with van der Waals surface area (Å²) in [7, 11) is 0. The number of benzene rings is 1. The summed E-state index contributed by atoms with van der Waals surface area (Å²) in [5.41, 5.74) is 7.77. The number of nitrogens with zero attached hydrogens (tertiary/aromatic N) is 1. The first-order valence-corrected chi connectivity index (χ1v) is 6.41. The topological polar surface area (TPSA) is 77.2 Å². The summed E-state index contributed by atoms with van der Waals surface area (Å²) in [5.74, 6) is 0.292. The molecule has 5 heteroatoms. The van der Waals surface area contributed by atoms with Crippen molar-refractivity contribution < 1.29 is 9.53 Å². The van der Waals surface area contributed by atoms with E-state index < -0.39 is 0 Å². The SMILES string of the molecule is CCOc1ncccc1NC(=O)Cc1cccc(N)c1. The van der Waals surface area contributed by atoms with Crippen LogP contribution in [0.1, 0.15) is 12.5 Å². The zero-order chi connectivity index (χ0) is 14.4. The average Bonchev–Trinajstić information content (AvgIpc) is 2.41. The van der Waals surface area contributed by atoms with E-state index in [9.17, 15) is 4.79 Å². The van der Waals surface area contributed by atoms with Gasteiger partial charge in [0.2, 0.25) is 11.8 Å². The number of carbonyl (C=O) groups excluding carboxylic acids is 1. The predicted octanol–water partition coefficient (Wildman–Crippen LogP) is 2.24. The minimum atomic E-state index is -0.135. The lowest BCUT2D eigenvalue weighted by atomic mass is 10.1. The van der Waals surface area contributed by atoms with E-state index in [1.165, 1.54) is 0 Å². The Kier molecular flexibility index (Phi) is 4.55. The Labute approximate surface area is 117 Å². The summed E-state index contributed by atoms with van der Waals surface area (Å²) < 4.78 is 5.36. The van der Waals surface area contributed by atoms with Gasteiger partial charge in [0.05, 0.1) is 13.0 Å². The Bertz CT molecular complexity index is 599. The van der Waals surface area contributed by atoms with Crippen LogP contribution < -0.4 is 15.8 Å². The van der Waals surface area contributed by atoms with Crippen LogP contribution in [0.2, 0.25) is 0 Å². The molecular weight excluding hydrogens is 254 g/mol. The fraction of sp³-hybridized carbons (Fsp3) is 0.200. The average molecular weight is 271 g/mol. The van der Waals surface area contributed by atoms with Gasteiger partial charge in [-0.2, -0.15) is 0 Å². The molecule has 0 aliphatic carbocycles.